The third-order valence-electron chi connectivity index (χ3n) is 23.1. The molecule has 1 N–H and O–H groups in total. The van der Waals surface area contributed by atoms with Gasteiger partial charge in [-0.05, 0) is 142 Å². The van der Waals surface area contributed by atoms with E-state index in [1.807, 2.05) is 97.1 Å². The van der Waals surface area contributed by atoms with E-state index in [1.54, 1.807) is 88.8 Å². The molecule has 4 aliphatic rings. The standard InChI is InChI=1S/C22H32N2O4Si.C20H34N2O5Si.C15H14N2O5.C15H26N2O3Si.C11H9NO.C9H8O.C4H3NO2/c1-14(2)29(15(3)4,16(5)6)28-21-20(19-12-23-13-27-19)24(22(21)25)17-8-10-18(26-7)11-9-17;1-12(2)28(13(3)4,14(5)6)27-17-16(15-10-21-11-25-15)22(18(17)23)19(24)26-20(7,8)9;1-9(18)22-14-13(12-7-16-8-21-12)17(15(14)19)10-3-5-11(20-2)6-4-10;1-9(2)21(10(3)4,11(5)6)20-14-13(17-15(14)18)12-7-16-8-19-12;1-2-4-10(5-3-1)6-7-11-8-12-9-13-11;10-8-4-7-9-5-2-1-3-6-9;6-2-4-1-5-3-7-4/h8-16,20-21H,1-7H3;10-14,16-17H,1-9H3;3-8,13-14H,1-2H3;7-11,13-14H,1-6H3,(H,17,18);1-9H;1-8H;1-3H/b;;;;7-6+;7-4+;/t20-,21+;16-,17+;2*13-,14+;;;/m0000.../s1. The van der Waals surface area contributed by atoms with E-state index in [2.05, 4.69) is 164 Å². The van der Waals surface area contributed by atoms with Crippen LogP contribution in [0.1, 0.15) is 227 Å². The van der Waals surface area contributed by atoms with Crippen LogP contribution in [0, 0.1) is 0 Å². The molecule has 0 aliphatic carbocycles. The topological polar surface area (TPSA) is 379 Å². The van der Waals surface area contributed by atoms with Crippen molar-refractivity contribution >= 4 is 103 Å². The fourth-order valence-corrected chi connectivity index (χ4v) is 33.9. The van der Waals surface area contributed by atoms with E-state index >= 15 is 0 Å². The van der Waals surface area contributed by atoms with Gasteiger partial charge in [-0.3, -0.25) is 43.4 Å². The molecule has 10 heterocycles. The zero-order chi connectivity index (χ0) is 95.5. The van der Waals surface area contributed by atoms with Gasteiger partial charge in [-0.15, -0.1) is 0 Å². The van der Waals surface area contributed by atoms with Crippen LogP contribution in [-0.2, 0) is 51.5 Å². The Morgan fingerprint density at radius 2 is 0.762 bits per heavy atom. The first kappa shape index (κ1) is 103. The van der Waals surface area contributed by atoms with Gasteiger partial charge >= 0.3 is 12.1 Å². The van der Waals surface area contributed by atoms with Gasteiger partial charge in [-0.1, -0.05) is 197 Å². The van der Waals surface area contributed by atoms with Crippen molar-refractivity contribution in [1.29, 1.82) is 0 Å². The molecule has 4 aromatic carbocycles. The number of benzene rings is 4. The number of aromatic nitrogens is 6. The van der Waals surface area contributed by atoms with Crippen LogP contribution >= 0.6 is 0 Å². The molecule has 6 aromatic heterocycles. The summed E-state index contributed by atoms with van der Waals surface area (Å²) >= 11 is 0. The number of carbonyl (C=O) groups is 8. The summed E-state index contributed by atoms with van der Waals surface area (Å²) in [7, 11) is -3.45. The number of rotatable bonds is 29. The second-order valence-corrected chi connectivity index (χ2v) is 51.3. The molecule has 5 amide bonds. The average molecular weight is 1840 g/mol. The number of imide groups is 1. The maximum absolute atomic E-state index is 13.3. The Balaban J connectivity index is 0.000000194. The van der Waals surface area contributed by atoms with E-state index in [1.165, 1.54) is 74.9 Å². The molecular formula is C96H126N10O21Si3. The molecule has 8 atom stereocenters. The molecule has 10 aromatic rings. The lowest BCUT2D eigenvalue weighted by Gasteiger charge is -2.52. The summed E-state index contributed by atoms with van der Waals surface area (Å²) in [6.07, 6.45) is 22.5. The van der Waals surface area contributed by atoms with Gasteiger partial charge in [0.15, 0.2) is 80.2 Å². The van der Waals surface area contributed by atoms with Gasteiger partial charge in [0.1, 0.15) is 64.8 Å². The van der Waals surface area contributed by atoms with Crippen molar-refractivity contribution < 1.29 is 97.1 Å². The number of esters is 1. The van der Waals surface area contributed by atoms with Crippen LogP contribution in [0.25, 0.3) is 18.2 Å². The van der Waals surface area contributed by atoms with Crippen LogP contribution in [0.15, 0.2) is 217 Å². The van der Waals surface area contributed by atoms with Gasteiger partial charge in [0.25, 0.3) is 23.6 Å². The number of likely N-dealkylation sites (tertiary alicyclic amines) is 1. The number of nitrogens with zero attached hydrogens (tertiary/aromatic N) is 9. The molecule has 0 radical (unpaired) electrons. The quantitative estimate of drug-likeness (QED) is 0.0150. The maximum Gasteiger partial charge on any atom is 0.417 e. The number of amides is 5. The Bertz CT molecular complexity index is 5100. The normalized spacial score (nSPS) is 18.4. The van der Waals surface area contributed by atoms with Crippen LogP contribution in [0.3, 0.4) is 0 Å². The van der Waals surface area contributed by atoms with E-state index in [0.29, 0.717) is 90.6 Å². The minimum Gasteiger partial charge on any atom is -0.497 e. The zero-order valence-corrected chi connectivity index (χ0v) is 81.7. The second-order valence-electron chi connectivity index (χ2n) is 35.1. The Kier molecular flexibility index (Phi) is 37.7. The highest BCUT2D eigenvalue weighted by molar-refractivity contribution is 6.79. The van der Waals surface area contributed by atoms with Crippen LogP contribution in [0.4, 0.5) is 16.2 Å². The Morgan fingerprint density at radius 1 is 0.415 bits per heavy atom. The molecule has 0 spiro atoms. The number of hydrogen-bond acceptors (Lipinski definition) is 27. The number of oxazole rings is 6. The van der Waals surface area contributed by atoms with Gasteiger partial charge in [-0.25, -0.2) is 39.6 Å². The lowest BCUT2D eigenvalue weighted by atomic mass is 9.94. The van der Waals surface area contributed by atoms with Crippen molar-refractivity contribution in [3.05, 3.63) is 237 Å². The number of nitrogens with one attached hydrogen (secondary N) is 1. The van der Waals surface area contributed by atoms with Gasteiger partial charge < -0.3 is 64.0 Å². The van der Waals surface area contributed by atoms with Crippen molar-refractivity contribution in [1.82, 2.24) is 40.1 Å². The van der Waals surface area contributed by atoms with Gasteiger partial charge in [0, 0.05) is 18.3 Å². The van der Waals surface area contributed by atoms with Crippen molar-refractivity contribution in [3.8, 4) is 11.5 Å². The molecule has 34 heteroatoms. The Hall–Kier alpha value is -12.1. The summed E-state index contributed by atoms with van der Waals surface area (Å²) in [6.45, 7) is 46.1. The highest BCUT2D eigenvalue weighted by atomic mass is 28.4. The van der Waals surface area contributed by atoms with Crippen LogP contribution in [0.5, 0.6) is 11.5 Å². The number of carbonyl (C=O) groups excluding carboxylic acids is 8. The van der Waals surface area contributed by atoms with Crippen LogP contribution in [-0.4, -0.2) is 152 Å². The number of hydrogen-bond donors (Lipinski definition) is 1. The number of ether oxygens (including phenoxy) is 4. The number of β-lactam (4-membered cyclic amide) rings is 4. The number of aldehydes is 2. The smallest absolute Gasteiger partial charge is 0.417 e. The fraction of sp³-hybridized carbons (Fsp3) is 0.438. The second kappa shape index (κ2) is 47.5. The molecule has 14 rings (SSSR count). The van der Waals surface area contributed by atoms with Gasteiger partial charge in [0.05, 0.1) is 51.4 Å². The first-order valence-electron chi connectivity index (χ1n) is 43.5. The van der Waals surface area contributed by atoms with Gasteiger partial charge in [-0.2, -0.15) is 0 Å². The largest absolute Gasteiger partial charge is 0.497 e. The molecule has 4 saturated heterocycles. The molecule has 4 fully saturated rings. The molecule has 130 heavy (non-hydrogen) atoms. The predicted octanol–water partition coefficient (Wildman–Crippen LogP) is 20.7. The fourth-order valence-electron chi connectivity index (χ4n) is 17.5. The van der Waals surface area contributed by atoms with Crippen molar-refractivity contribution in [2.75, 3.05) is 24.0 Å². The van der Waals surface area contributed by atoms with E-state index in [4.69, 9.17) is 54.3 Å². The number of anilines is 2. The highest BCUT2D eigenvalue weighted by Gasteiger charge is 2.62. The molecule has 31 nitrogen and oxygen atoms in total. The summed E-state index contributed by atoms with van der Waals surface area (Å²) in [5, 5.41) is 2.86. The van der Waals surface area contributed by atoms with E-state index in [-0.39, 0.29) is 41.5 Å². The van der Waals surface area contributed by atoms with Crippen molar-refractivity contribution in [2.45, 2.75) is 256 Å². The first-order chi connectivity index (χ1) is 61.8. The van der Waals surface area contributed by atoms with E-state index < -0.39 is 79.1 Å². The maximum atomic E-state index is 13.3. The predicted molar refractivity (Wildman–Crippen MR) is 498 cm³/mol. The molecule has 698 valence electrons. The molecule has 0 unspecified atom stereocenters. The molecule has 0 bridgehead atoms. The summed E-state index contributed by atoms with van der Waals surface area (Å²) in [5.41, 5.74) is 6.39. The van der Waals surface area contributed by atoms with Gasteiger partial charge in [0.2, 0.25) is 31.1 Å². The lowest BCUT2D eigenvalue weighted by molar-refractivity contribution is -0.164. The van der Waals surface area contributed by atoms with Crippen LogP contribution < -0.4 is 24.6 Å². The molecule has 4 aliphatic heterocycles. The van der Waals surface area contributed by atoms with Crippen molar-refractivity contribution in [3.63, 3.8) is 0 Å². The summed E-state index contributed by atoms with van der Waals surface area (Å²) in [4.78, 5) is 122. The van der Waals surface area contributed by atoms with Crippen molar-refractivity contribution in [2.24, 2.45) is 0 Å². The summed E-state index contributed by atoms with van der Waals surface area (Å²) in [5.74, 6) is 3.38. The van der Waals surface area contributed by atoms with E-state index in [0.717, 1.165) is 39.5 Å². The monoisotopic (exact) mass is 1840 g/mol. The third kappa shape index (κ3) is 25.1. The third-order valence-corrected chi connectivity index (χ3v) is 41.3. The summed E-state index contributed by atoms with van der Waals surface area (Å²) < 4.78 is 72.1. The Labute approximate surface area is 764 Å². The average Bonchev–Trinajstić information content (AvgIpc) is 1.03. The first-order valence-corrected chi connectivity index (χ1v) is 49.9. The van der Waals surface area contributed by atoms with Crippen LogP contribution in [0.2, 0.25) is 49.9 Å². The molecule has 0 saturated carbocycles. The SMILES string of the molecule is C(=C\c1cnco1)/c1ccccc1.CC(C)[Si](O[C@H]1C(=O)N(C(=O)OC(C)(C)C)[C@H]1c1cnco1)(C(C)C)C(C)C.CC(C)[Si](O[C@H]1C(=O)N[C@H]1c1cnco1)(C(C)C)C(C)C.COc1ccc(N2C(=O)[C@H](OC(C)=O)[C@@H]2c2cnco2)cc1.COc1ccc(N2C(=O)[C@H](O[Si](C(C)C)(C(C)C)C(C)C)[C@@H]2c2cnco2)cc1.O=C/C=C/c1ccccc1.O=Cc1cnco1. The highest BCUT2D eigenvalue weighted by Crippen LogP contribution is 2.52. The minimum atomic E-state index is -2.33. The van der Waals surface area contributed by atoms with E-state index in [9.17, 15) is 38.4 Å². The molecular weight excluding hydrogens is 1710 g/mol. The zero-order valence-electron chi connectivity index (χ0n) is 78.7. The Morgan fingerprint density at radius 3 is 1.09 bits per heavy atom. The number of methoxy groups -OCH3 is 2. The lowest BCUT2D eigenvalue weighted by Crippen LogP contribution is -2.66. The minimum absolute atomic E-state index is 0.0320. The summed E-state index contributed by atoms with van der Waals surface area (Å²) in [6, 6.07) is 32.5. The number of allylic oxidation sites excluding steroid dienone is 1.